The Kier molecular flexibility index (Phi) is 6.84. The van der Waals surface area contributed by atoms with Crippen LogP contribution in [0.3, 0.4) is 0 Å². The van der Waals surface area contributed by atoms with Gasteiger partial charge >= 0.3 is 10.1 Å². The van der Waals surface area contributed by atoms with E-state index in [4.69, 9.17) is 4.18 Å². The van der Waals surface area contributed by atoms with Crippen LogP contribution in [0, 0.1) is 11.3 Å². The van der Waals surface area contributed by atoms with Crippen molar-refractivity contribution in [2.24, 2.45) is 11.3 Å². The van der Waals surface area contributed by atoms with E-state index in [1.165, 1.54) is 0 Å². The van der Waals surface area contributed by atoms with Gasteiger partial charge in [-0.25, -0.2) is 0 Å². The highest BCUT2D eigenvalue weighted by molar-refractivity contribution is 7.86. The number of carbonyl (C=O) groups excluding carboxylic acids is 1. The van der Waals surface area contributed by atoms with Gasteiger partial charge in [0.05, 0.1) is 6.26 Å². The van der Waals surface area contributed by atoms with Crippen LogP contribution in [0.2, 0.25) is 0 Å². The van der Waals surface area contributed by atoms with Gasteiger partial charge in [0.25, 0.3) is 0 Å². The fraction of sp³-hybridized carbons (Fsp3) is 0.611. The summed E-state index contributed by atoms with van der Waals surface area (Å²) in [5, 5.41) is 0. The molecule has 0 N–H and O–H groups in total. The van der Waals surface area contributed by atoms with Crippen LogP contribution in [0.25, 0.3) is 0 Å². The highest BCUT2D eigenvalue weighted by Gasteiger charge is 2.22. The SMILES string of the molecule is CC(C)CN(Cc1ccc(OS(C)(=O)=O)cc1)C(=O)CC(C)(C)C. The standard InChI is InChI=1S/C18H29NO4S/c1-14(2)12-19(17(20)11-18(3,4)5)13-15-7-9-16(10-8-15)23-24(6,21)22/h7-10,14H,11-13H2,1-6H3. The Hall–Kier alpha value is -1.56. The maximum atomic E-state index is 12.6. The van der Waals surface area contributed by atoms with Crippen LogP contribution in [0.5, 0.6) is 5.75 Å². The van der Waals surface area contributed by atoms with Crippen molar-refractivity contribution < 1.29 is 17.4 Å². The van der Waals surface area contributed by atoms with Crippen molar-refractivity contribution in [3.05, 3.63) is 29.8 Å². The van der Waals surface area contributed by atoms with Crippen LogP contribution in [0.4, 0.5) is 0 Å². The van der Waals surface area contributed by atoms with Gasteiger partial charge in [0.2, 0.25) is 5.91 Å². The highest BCUT2D eigenvalue weighted by atomic mass is 32.2. The normalized spacial score (nSPS) is 12.3. The van der Waals surface area contributed by atoms with E-state index in [9.17, 15) is 13.2 Å². The summed E-state index contributed by atoms with van der Waals surface area (Å²) in [4.78, 5) is 14.4. The van der Waals surface area contributed by atoms with Crippen LogP contribution in [-0.4, -0.2) is 32.0 Å². The van der Waals surface area contributed by atoms with Crippen LogP contribution >= 0.6 is 0 Å². The number of nitrogens with zero attached hydrogens (tertiary/aromatic N) is 1. The monoisotopic (exact) mass is 355 g/mol. The third-order valence-corrected chi connectivity index (χ3v) is 3.66. The molecule has 1 rings (SSSR count). The van der Waals surface area contributed by atoms with Crippen molar-refractivity contribution in [3.63, 3.8) is 0 Å². The second-order valence-corrected chi connectivity index (χ2v) is 9.41. The van der Waals surface area contributed by atoms with E-state index < -0.39 is 10.1 Å². The topological polar surface area (TPSA) is 63.7 Å². The van der Waals surface area contributed by atoms with Gasteiger partial charge in [-0.3, -0.25) is 4.79 Å². The third kappa shape index (κ3) is 8.34. The van der Waals surface area contributed by atoms with Gasteiger partial charge in [0, 0.05) is 19.5 Å². The zero-order chi connectivity index (χ0) is 18.5. The van der Waals surface area contributed by atoms with Crippen molar-refractivity contribution in [2.45, 2.75) is 47.6 Å². The molecular weight excluding hydrogens is 326 g/mol. The average Bonchev–Trinajstić information content (AvgIpc) is 2.36. The van der Waals surface area contributed by atoms with Crippen molar-refractivity contribution in [2.75, 3.05) is 12.8 Å². The second kappa shape index (κ2) is 8.01. The molecule has 0 fully saturated rings. The molecule has 136 valence electrons. The van der Waals surface area contributed by atoms with E-state index in [-0.39, 0.29) is 17.1 Å². The summed E-state index contributed by atoms with van der Waals surface area (Å²) >= 11 is 0. The molecule has 0 atom stereocenters. The van der Waals surface area contributed by atoms with Gasteiger partial charge in [0.15, 0.2) is 0 Å². The molecule has 0 aliphatic carbocycles. The Morgan fingerprint density at radius 3 is 2.12 bits per heavy atom. The predicted molar refractivity (Wildman–Crippen MR) is 96.2 cm³/mol. The van der Waals surface area contributed by atoms with Crippen LogP contribution in [0.15, 0.2) is 24.3 Å². The van der Waals surface area contributed by atoms with E-state index in [1.54, 1.807) is 24.3 Å². The van der Waals surface area contributed by atoms with Crippen LogP contribution in [0.1, 0.15) is 46.6 Å². The first kappa shape index (κ1) is 20.5. The van der Waals surface area contributed by atoms with Crippen LogP contribution in [-0.2, 0) is 21.5 Å². The number of carbonyl (C=O) groups is 1. The minimum atomic E-state index is -3.53. The van der Waals surface area contributed by atoms with Gasteiger partial charge in [-0.15, -0.1) is 0 Å². The number of benzene rings is 1. The summed E-state index contributed by atoms with van der Waals surface area (Å²) in [6, 6.07) is 6.80. The van der Waals surface area contributed by atoms with Crippen molar-refractivity contribution in [1.82, 2.24) is 4.90 Å². The molecule has 1 amide bonds. The summed E-state index contributed by atoms with van der Waals surface area (Å²) in [7, 11) is -3.53. The molecule has 24 heavy (non-hydrogen) atoms. The Balaban J connectivity index is 2.84. The zero-order valence-electron chi connectivity index (χ0n) is 15.5. The van der Waals surface area contributed by atoms with Gasteiger partial charge in [-0.05, 0) is 29.0 Å². The highest BCUT2D eigenvalue weighted by Crippen LogP contribution is 2.22. The Bertz CT molecular complexity index is 643. The number of rotatable bonds is 7. The molecule has 0 heterocycles. The number of hydrogen-bond donors (Lipinski definition) is 0. The van der Waals surface area contributed by atoms with E-state index >= 15 is 0 Å². The molecule has 0 aliphatic rings. The first-order valence-corrected chi connectivity index (χ1v) is 9.93. The molecule has 1 aromatic rings. The minimum absolute atomic E-state index is 0.0561. The first-order valence-electron chi connectivity index (χ1n) is 8.12. The molecule has 0 saturated carbocycles. The largest absolute Gasteiger partial charge is 0.383 e. The summed E-state index contributed by atoms with van der Waals surface area (Å²) in [6.07, 6.45) is 1.51. The number of amides is 1. The molecule has 0 bridgehead atoms. The Morgan fingerprint density at radius 2 is 1.71 bits per heavy atom. The van der Waals surface area contributed by atoms with Gasteiger partial charge in [-0.1, -0.05) is 46.8 Å². The van der Waals surface area contributed by atoms with Crippen molar-refractivity contribution in [3.8, 4) is 5.75 Å². The second-order valence-electron chi connectivity index (χ2n) is 7.84. The fourth-order valence-corrected chi connectivity index (χ4v) is 2.77. The van der Waals surface area contributed by atoms with Gasteiger partial charge in [0.1, 0.15) is 5.75 Å². The minimum Gasteiger partial charge on any atom is -0.383 e. The maximum Gasteiger partial charge on any atom is 0.306 e. The lowest BCUT2D eigenvalue weighted by atomic mass is 9.91. The molecule has 0 saturated heterocycles. The summed E-state index contributed by atoms with van der Waals surface area (Å²) in [6.45, 7) is 11.5. The van der Waals surface area contributed by atoms with E-state index in [1.807, 2.05) is 4.90 Å². The lowest BCUT2D eigenvalue weighted by Crippen LogP contribution is -2.35. The van der Waals surface area contributed by atoms with Crippen molar-refractivity contribution >= 4 is 16.0 Å². The summed E-state index contributed by atoms with van der Waals surface area (Å²) in [5.74, 6) is 0.784. The average molecular weight is 356 g/mol. The van der Waals surface area contributed by atoms with E-state index in [0.717, 1.165) is 11.8 Å². The molecule has 0 aromatic heterocycles. The fourth-order valence-electron chi connectivity index (χ4n) is 2.31. The molecular formula is C18H29NO4S. The number of hydrogen-bond acceptors (Lipinski definition) is 4. The molecule has 0 radical (unpaired) electrons. The zero-order valence-corrected chi connectivity index (χ0v) is 16.3. The van der Waals surface area contributed by atoms with E-state index in [0.29, 0.717) is 25.4 Å². The smallest absolute Gasteiger partial charge is 0.306 e. The van der Waals surface area contributed by atoms with Gasteiger partial charge in [-0.2, -0.15) is 8.42 Å². The predicted octanol–water partition coefficient (Wildman–Crippen LogP) is 3.45. The quantitative estimate of drug-likeness (QED) is 0.703. The molecule has 6 heteroatoms. The first-order chi connectivity index (χ1) is 10.9. The summed E-state index contributed by atoms with van der Waals surface area (Å²) < 4.78 is 27.1. The molecule has 0 spiro atoms. The third-order valence-electron chi connectivity index (χ3n) is 3.16. The lowest BCUT2D eigenvalue weighted by molar-refractivity contribution is -0.134. The molecule has 5 nitrogen and oxygen atoms in total. The summed E-state index contributed by atoms with van der Waals surface area (Å²) in [5.41, 5.74) is 0.887. The Labute approximate surface area is 146 Å². The lowest BCUT2D eigenvalue weighted by Gasteiger charge is -2.28. The Morgan fingerprint density at radius 1 is 1.17 bits per heavy atom. The van der Waals surface area contributed by atoms with Gasteiger partial charge < -0.3 is 9.08 Å². The van der Waals surface area contributed by atoms with E-state index in [2.05, 4.69) is 34.6 Å². The maximum absolute atomic E-state index is 12.6. The van der Waals surface area contributed by atoms with Crippen molar-refractivity contribution in [1.29, 1.82) is 0 Å². The van der Waals surface area contributed by atoms with Crippen LogP contribution < -0.4 is 4.18 Å². The molecule has 0 aliphatic heterocycles. The molecule has 0 unspecified atom stereocenters. The molecule has 1 aromatic carbocycles.